The zero-order valence-electron chi connectivity index (χ0n) is 16.2. The molecule has 0 bridgehead atoms. The van der Waals surface area contributed by atoms with Crippen molar-refractivity contribution in [1.82, 2.24) is 24.8 Å². The molecule has 9 heteroatoms. The maximum absolute atomic E-state index is 13.1. The van der Waals surface area contributed by atoms with Crippen molar-refractivity contribution in [3.05, 3.63) is 72.1 Å². The minimum absolute atomic E-state index is 0.221. The first-order valence-electron chi connectivity index (χ1n) is 9.35. The van der Waals surface area contributed by atoms with Gasteiger partial charge in [0, 0.05) is 23.9 Å². The number of rotatable bonds is 6. The highest BCUT2D eigenvalue weighted by Crippen LogP contribution is 2.35. The number of benzene rings is 2. The number of fused-ring (bicyclic) bond motifs is 1. The van der Waals surface area contributed by atoms with Crippen LogP contribution in [0, 0.1) is 5.82 Å². The van der Waals surface area contributed by atoms with E-state index >= 15 is 0 Å². The normalized spacial score (nSPS) is 12.6. The van der Waals surface area contributed by atoms with Crippen LogP contribution in [-0.4, -0.2) is 38.7 Å². The summed E-state index contributed by atoms with van der Waals surface area (Å²) in [6.45, 7) is 1.35. The van der Waals surface area contributed by atoms with Crippen LogP contribution in [0.2, 0.25) is 0 Å². The largest absolute Gasteiger partial charge is 0.454 e. The van der Waals surface area contributed by atoms with Crippen molar-refractivity contribution < 1.29 is 18.4 Å². The Balaban J connectivity index is 1.23. The van der Waals surface area contributed by atoms with Gasteiger partial charge in [-0.15, -0.1) is 0 Å². The van der Waals surface area contributed by atoms with Gasteiger partial charge in [-0.2, -0.15) is 10.1 Å². The standard InChI is InChI=1S/C21H18FN5O3/c1-26(10-14-9-23-27(11-14)17-5-3-16(22)4-6-17)12-20-24-21(25-30-20)15-2-7-18-19(8-15)29-13-28-18/h2-9,11H,10,12-13H2,1H3. The first kappa shape index (κ1) is 18.3. The molecule has 2 aromatic heterocycles. The van der Waals surface area contributed by atoms with Gasteiger partial charge in [0.25, 0.3) is 0 Å². The molecule has 2 aromatic carbocycles. The third kappa shape index (κ3) is 3.74. The van der Waals surface area contributed by atoms with Gasteiger partial charge in [0.1, 0.15) is 5.82 Å². The van der Waals surface area contributed by atoms with Crippen LogP contribution in [-0.2, 0) is 13.1 Å². The summed E-state index contributed by atoms with van der Waals surface area (Å²) in [6.07, 6.45) is 3.70. The molecule has 3 heterocycles. The second-order valence-corrected chi connectivity index (χ2v) is 7.02. The molecule has 0 fully saturated rings. The van der Waals surface area contributed by atoms with E-state index in [-0.39, 0.29) is 12.6 Å². The third-order valence-electron chi connectivity index (χ3n) is 4.68. The van der Waals surface area contributed by atoms with Crippen molar-refractivity contribution in [2.24, 2.45) is 0 Å². The molecule has 30 heavy (non-hydrogen) atoms. The zero-order chi connectivity index (χ0) is 20.5. The van der Waals surface area contributed by atoms with Crippen LogP contribution in [0.1, 0.15) is 11.5 Å². The highest BCUT2D eigenvalue weighted by molar-refractivity contribution is 5.61. The fraction of sp³-hybridized carbons (Fsp3) is 0.190. The van der Waals surface area contributed by atoms with Gasteiger partial charge in [0.15, 0.2) is 11.5 Å². The molecular formula is C21H18FN5O3. The Labute approximate surface area is 171 Å². The van der Waals surface area contributed by atoms with Gasteiger partial charge < -0.3 is 14.0 Å². The summed E-state index contributed by atoms with van der Waals surface area (Å²) in [4.78, 5) is 6.52. The number of hydrogen-bond acceptors (Lipinski definition) is 7. The minimum Gasteiger partial charge on any atom is -0.454 e. The average molecular weight is 407 g/mol. The van der Waals surface area contributed by atoms with E-state index in [0.717, 1.165) is 16.8 Å². The molecule has 0 saturated heterocycles. The molecular weight excluding hydrogens is 389 g/mol. The Morgan fingerprint density at radius 2 is 1.90 bits per heavy atom. The van der Waals surface area contributed by atoms with Crippen molar-refractivity contribution >= 4 is 0 Å². The quantitative estimate of drug-likeness (QED) is 0.485. The van der Waals surface area contributed by atoms with E-state index in [1.54, 1.807) is 23.0 Å². The first-order chi connectivity index (χ1) is 14.6. The predicted molar refractivity (Wildman–Crippen MR) is 105 cm³/mol. The zero-order valence-corrected chi connectivity index (χ0v) is 16.2. The van der Waals surface area contributed by atoms with Gasteiger partial charge in [-0.05, 0) is 49.5 Å². The molecule has 0 unspecified atom stereocenters. The number of hydrogen-bond donors (Lipinski definition) is 0. The highest BCUT2D eigenvalue weighted by atomic mass is 19.1. The lowest BCUT2D eigenvalue weighted by molar-refractivity contribution is 0.174. The molecule has 0 amide bonds. The maximum atomic E-state index is 13.1. The molecule has 8 nitrogen and oxygen atoms in total. The fourth-order valence-corrected chi connectivity index (χ4v) is 3.25. The lowest BCUT2D eigenvalue weighted by atomic mass is 10.2. The topological polar surface area (TPSA) is 78.4 Å². The molecule has 0 radical (unpaired) electrons. The average Bonchev–Trinajstić information content (AvgIpc) is 3.48. The lowest BCUT2D eigenvalue weighted by Crippen LogP contribution is -2.17. The number of halogens is 1. The fourth-order valence-electron chi connectivity index (χ4n) is 3.25. The third-order valence-corrected chi connectivity index (χ3v) is 4.68. The molecule has 5 rings (SSSR count). The molecule has 0 atom stereocenters. The van der Waals surface area contributed by atoms with Gasteiger partial charge in [-0.1, -0.05) is 5.16 Å². The molecule has 0 saturated carbocycles. The molecule has 0 aliphatic carbocycles. The lowest BCUT2D eigenvalue weighted by Gasteiger charge is -2.12. The summed E-state index contributed by atoms with van der Waals surface area (Å²) >= 11 is 0. The van der Waals surface area contributed by atoms with Crippen LogP contribution in [0.5, 0.6) is 11.5 Å². The molecule has 1 aliphatic rings. The minimum atomic E-state index is -0.273. The van der Waals surface area contributed by atoms with Crippen molar-refractivity contribution in [2.45, 2.75) is 13.1 Å². The van der Waals surface area contributed by atoms with Gasteiger partial charge >= 0.3 is 0 Å². The van der Waals surface area contributed by atoms with E-state index in [4.69, 9.17) is 14.0 Å². The number of ether oxygens (including phenoxy) is 2. The molecule has 152 valence electrons. The Morgan fingerprint density at radius 1 is 1.07 bits per heavy atom. The Bertz CT molecular complexity index is 1170. The van der Waals surface area contributed by atoms with Crippen LogP contribution < -0.4 is 9.47 Å². The van der Waals surface area contributed by atoms with E-state index in [1.165, 1.54) is 12.1 Å². The smallest absolute Gasteiger partial charge is 0.241 e. The number of nitrogens with zero attached hydrogens (tertiary/aromatic N) is 5. The van der Waals surface area contributed by atoms with Crippen molar-refractivity contribution in [1.29, 1.82) is 0 Å². The van der Waals surface area contributed by atoms with Crippen LogP contribution in [0.4, 0.5) is 4.39 Å². The van der Waals surface area contributed by atoms with Gasteiger partial charge in [-0.25, -0.2) is 9.07 Å². The molecule has 0 N–H and O–H groups in total. The maximum Gasteiger partial charge on any atom is 0.241 e. The predicted octanol–water partition coefficient (Wildman–Crippen LogP) is 3.42. The SMILES string of the molecule is CN(Cc1cnn(-c2ccc(F)cc2)c1)Cc1nc(-c2ccc3c(c2)OCO3)no1. The van der Waals surface area contributed by atoms with Crippen molar-refractivity contribution in [2.75, 3.05) is 13.8 Å². The van der Waals surface area contributed by atoms with E-state index in [0.29, 0.717) is 36.3 Å². The van der Waals surface area contributed by atoms with E-state index < -0.39 is 0 Å². The second kappa shape index (κ2) is 7.60. The van der Waals surface area contributed by atoms with Gasteiger partial charge in [0.05, 0.1) is 18.4 Å². The van der Waals surface area contributed by atoms with E-state index in [9.17, 15) is 4.39 Å². The summed E-state index contributed by atoms with van der Waals surface area (Å²) in [5, 5.41) is 8.41. The Hall–Kier alpha value is -3.72. The molecule has 1 aliphatic heterocycles. The van der Waals surface area contributed by atoms with Gasteiger partial charge in [0.2, 0.25) is 18.5 Å². The Morgan fingerprint density at radius 3 is 2.77 bits per heavy atom. The van der Waals surface area contributed by atoms with Crippen LogP contribution in [0.15, 0.2) is 59.4 Å². The van der Waals surface area contributed by atoms with Gasteiger partial charge in [-0.3, -0.25) is 4.90 Å². The van der Waals surface area contributed by atoms with Crippen molar-refractivity contribution in [3.63, 3.8) is 0 Å². The molecule has 0 spiro atoms. The molecule has 4 aromatic rings. The Kier molecular flexibility index (Phi) is 4.64. The van der Waals surface area contributed by atoms with Crippen LogP contribution >= 0.6 is 0 Å². The highest BCUT2D eigenvalue weighted by Gasteiger charge is 2.17. The summed E-state index contributed by atoms with van der Waals surface area (Å²) in [7, 11) is 1.96. The summed E-state index contributed by atoms with van der Waals surface area (Å²) in [5.41, 5.74) is 2.62. The first-order valence-corrected chi connectivity index (χ1v) is 9.35. The summed E-state index contributed by atoms with van der Waals surface area (Å²) < 4.78 is 30.9. The van der Waals surface area contributed by atoms with E-state index in [2.05, 4.69) is 15.2 Å². The van der Waals surface area contributed by atoms with Crippen molar-refractivity contribution in [3.8, 4) is 28.6 Å². The van der Waals surface area contributed by atoms with Crippen LogP contribution in [0.25, 0.3) is 17.1 Å². The number of aromatic nitrogens is 4. The second-order valence-electron chi connectivity index (χ2n) is 7.02. The summed E-state index contributed by atoms with van der Waals surface area (Å²) in [5.74, 6) is 2.12. The van der Waals surface area contributed by atoms with Crippen LogP contribution in [0.3, 0.4) is 0 Å². The summed E-state index contributed by atoms with van der Waals surface area (Å²) in [6, 6.07) is 11.7. The monoisotopic (exact) mass is 407 g/mol. The van der Waals surface area contributed by atoms with E-state index in [1.807, 2.05) is 36.3 Å².